The summed E-state index contributed by atoms with van der Waals surface area (Å²) in [5.41, 5.74) is 2.94. The Morgan fingerprint density at radius 3 is 2.83 bits per heavy atom. The zero-order valence-corrected chi connectivity index (χ0v) is 13.7. The Bertz CT molecular complexity index is 707. The third-order valence-electron chi connectivity index (χ3n) is 5.71. The molecule has 0 amide bonds. The molecule has 1 aromatic rings. The monoisotopic (exact) mass is 309 g/mol. The van der Waals surface area contributed by atoms with Crippen LogP contribution in [0, 0.1) is 5.92 Å². The van der Waals surface area contributed by atoms with Crippen LogP contribution in [0.1, 0.15) is 37.7 Å². The van der Waals surface area contributed by atoms with Gasteiger partial charge < -0.3 is 10.0 Å². The van der Waals surface area contributed by atoms with E-state index in [1.807, 2.05) is 6.92 Å². The van der Waals surface area contributed by atoms with Crippen molar-refractivity contribution < 1.29 is 5.11 Å². The fourth-order valence-electron chi connectivity index (χ4n) is 4.49. The van der Waals surface area contributed by atoms with E-state index >= 15 is 0 Å². The van der Waals surface area contributed by atoms with Crippen molar-refractivity contribution in [1.82, 2.24) is 4.90 Å². The zero-order chi connectivity index (χ0) is 16.0. The first-order chi connectivity index (χ1) is 11.2. The summed E-state index contributed by atoms with van der Waals surface area (Å²) >= 11 is 0. The van der Waals surface area contributed by atoms with Gasteiger partial charge in [-0.25, -0.2) is 4.99 Å². The molecule has 3 unspecified atom stereocenters. The summed E-state index contributed by atoms with van der Waals surface area (Å²) in [6.07, 6.45) is 5.20. The number of amidine groups is 1. The van der Waals surface area contributed by atoms with E-state index < -0.39 is 5.66 Å². The molecule has 1 aliphatic carbocycles. The SMILES string of the molecule is CC1=NC2=CCC(c3ccccc3)C3CCC(CO)=NC23N1C. The smallest absolute Gasteiger partial charge is 0.178 e. The molecule has 4 heteroatoms. The van der Waals surface area contributed by atoms with Gasteiger partial charge in [-0.15, -0.1) is 0 Å². The van der Waals surface area contributed by atoms with E-state index in [9.17, 15) is 5.11 Å². The molecule has 2 heterocycles. The van der Waals surface area contributed by atoms with E-state index in [-0.39, 0.29) is 6.61 Å². The van der Waals surface area contributed by atoms with Gasteiger partial charge >= 0.3 is 0 Å². The van der Waals surface area contributed by atoms with Crippen molar-refractivity contribution in [2.45, 2.75) is 37.8 Å². The van der Waals surface area contributed by atoms with Crippen molar-refractivity contribution in [3.8, 4) is 0 Å². The molecule has 1 aromatic carbocycles. The van der Waals surface area contributed by atoms with Crippen LogP contribution in [0.3, 0.4) is 0 Å². The minimum Gasteiger partial charge on any atom is -0.390 e. The standard InChI is InChI=1S/C19H23N3O/c1-13-20-18-11-9-16(14-6-4-3-5-7-14)17-10-8-15(12-23)21-19(17,18)22(13)2/h3-7,11,16-17,23H,8-10,12H2,1-2H3. The fraction of sp³-hybridized carbons (Fsp3) is 0.474. The van der Waals surface area contributed by atoms with Gasteiger partial charge in [0.05, 0.1) is 12.3 Å². The van der Waals surface area contributed by atoms with Gasteiger partial charge in [0.2, 0.25) is 0 Å². The maximum absolute atomic E-state index is 9.63. The third kappa shape index (κ3) is 2.01. The number of aliphatic hydroxyl groups excluding tert-OH is 1. The fourth-order valence-corrected chi connectivity index (χ4v) is 4.49. The predicted octanol–water partition coefficient (Wildman–Crippen LogP) is 2.96. The van der Waals surface area contributed by atoms with Crippen LogP contribution < -0.4 is 0 Å². The first kappa shape index (κ1) is 14.6. The minimum atomic E-state index is -0.418. The van der Waals surface area contributed by atoms with Gasteiger partial charge in [-0.2, -0.15) is 0 Å². The molecule has 0 fully saturated rings. The largest absolute Gasteiger partial charge is 0.390 e. The van der Waals surface area contributed by atoms with Gasteiger partial charge in [-0.1, -0.05) is 36.4 Å². The third-order valence-corrected chi connectivity index (χ3v) is 5.71. The summed E-state index contributed by atoms with van der Waals surface area (Å²) in [5, 5.41) is 9.63. The number of allylic oxidation sites excluding steroid dienone is 1. The lowest BCUT2D eigenvalue weighted by atomic mass is 9.67. The zero-order valence-electron chi connectivity index (χ0n) is 13.7. The van der Waals surface area contributed by atoms with E-state index in [1.165, 1.54) is 5.56 Å². The normalized spacial score (nSPS) is 32.7. The molecule has 4 rings (SSSR count). The quantitative estimate of drug-likeness (QED) is 0.913. The van der Waals surface area contributed by atoms with Crippen molar-refractivity contribution in [2.75, 3.05) is 13.7 Å². The first-order valence-corrected chi connectivity index (χ1v) is 8.40. The molecule has 0 aromatic heterocycles. The minimum absolute atomic E-state index is 0.0463. The topological polar surface area (TPSA) is 48.2 Å². The number of aliphatic hydroxyl groups is 1. The van der Waals surface area contributed by atoms with Crippen LogP contribution in [-0.4, -0.2) is 40.9 Å². The summed E-state index contributed by atoms with van der Waals surface area (Å²) < 4.78 is 0. The van der Waals surface area contributed by atoms with Gasteiger partial charge in [0.1, 0.15) is 5.84 Å². The van der Waals surface area contributed by atoms with Gasteiger partial charge in [0.15, 0.2) is 5.66 Å². The van der Waals surface area contributed by atoms with Gasteiger partial charge in [-0.05, 0) is 37.7 Å². The summed E-state index contributed by atoms with van der Waals surface area (Å²) in [4.78, 5) is 12.0. The van der Waals surface area contributed by atoms with Crippen molar-refractivity contribution in [1.29, 1.82) is 0 Å². The van der Waals surface area contributed by atoms with Gasteiger partial charge in [-0.3, -0.25) is 4.99 Å². The Balaban J connectivity index is 1.85. The number of hydrogen-bond donors (Lipinski definition) is 1. The first-order valence-electron chi connectivity index (χ1n) is 8.40. The molecule has 1 spiro atoms. The highest BCUT2D eigenvalue weighted by Gasteiger charge is 2.55. The lowest BCUT2D eigenvalue weighted by molar-refractivity contribution is 0.124. The number of likely N-dealkylation sites (N-methyl/N-ethyl adjacent to an activating group) is 1. The number of rotatable bonds is 2. The molecular weight excluding hydrogens is 286 g/mol. The Kier molecular flexibility index (Phi) is 3.38. The van der Waals surface area contributed by atoms with Crippen LogP contribution in [-0.2, 0) is 0 Å². The maximum atomic E-state index is 9.63. The van der Waals surface area contributed by atoms with Crippen LogP contribution >= 0.6 is 0 Å². The maximum Gasteiger partial charge on any atom is 0.178 e. The number of aliphatic imine (C=N–C) groups is 2. The van der Waals surface area contributed by atoms with Crippen molar-refractivity contribution >= 4 is 11.5 Å². The second-order valence-corrected chi connectivity index (χ2v) is 6.77. The average molecular weight is 309 g/mol. The van der Waals surface area contributed by atoms with E-state index in [2.05, 4.69) is 48.4 Å². The second-order valence-electron chi connectivity index (χ2n) is 6.77. The number of nitrogens with zero attached hydrogens (tertiary/aromatic N) is 3. The predicted molar refractivity (Wildman–Crippen MR) is 92.7 cm³/mol. The van der Waals surface area contributed by atoms with Crippen molar-refractivity contribution in [2.24, 2.45) is 15.9 Å². The Morgan fingerprint density at radius 1 is 1.30 bits per heavy atom. The Morgan fingerprint density at radius 2 is 2.09 bits per heavy atom. The van der Waals surface area contributed by atoms with Crippen LogP contribution in [0.25, 0.3) is 0 Å². The molecule has 4 nitrogen and oxygen atoms in total. The molecule has 1 N–H and O–H groups in total. The molecule has 0 saturated heterocycles. The van der Waals surface area contributed by atoms with E-state index in [0.29, 0.717) is 11.8 Å². The Hall–Kier alpha value is -1.94. The van der Waals surface area contributed by atoms with E-state index in [1.54, 1.807) is 0 Å². The highest BCUT2D eigenvalue weighted by Crippen LogP contribution is 2.53. The van der Waals surface area contributed by atoms with Crippen LogP contribution in [0.2, 0.25) is 0 Å². The molecule has 3 atom stereocenters. The summed E-state index contributed by atoms with van der Waals surface area (Å²) in [7, 11) is 2.09. The number of hydrogen-bond acceptors (Lipinski definition) is 4. The highest BCUT2D eigenvalue weighted by molar-refractivity contribution is 5.90. The van der Waals surface area contributed by atoms with Crippen LogP contribution in [0.15, 0.2) is 52.1 Å². The van der Waals surface area contributed by atoms with Gasteiger partial charge in [0.25, 0.3) is 0 Å². The average Bonchev–Trinajstić information content (AvgIpc) is 2.84. The summed E-state index contributed by atoms with van der Waals surface area (Å²) in [6, 6.07) is 10.8. The van der Waals surface area contributed by atoms with Gasteiger partial charge in [0, 0.05) is 18.7 Å². The highest BCUT2D eigenvalue weighted by atomic mass is 16.3. The second kappa shape index (κ2) is 5.31. The summed E-state index contributed by atoms with van der Waals surface area (Å²) in [6.45, 7) is 2.09. The molecule has 0 saturated carbocycles. The summed E-state index contributed by atoms with van der Waals surface area (Å²) in [5.74, 6) is 1.86. The molecule has 2 aliphatic heterocycles. The number of benzene rings is 1. The van der Waals surface area contributed by atoms with E-state index in [0.717, 1.165) is 36.5 Å². The lowest BCUT2D eigenvalue weighted by Gasteiger charge is -2.49. The van der Waals surface area contributed by atoms with Crippen molar-refractivity contribution in [3.63, 3.8) is 0 Å². The van der Waals surface area contributed by atoms with E-state index in [4.69, 9.17) is 9.98 Å². The van der Waals surface area contributed by atoms with Crippen molar-refractivity contribution in [3.05, 3.63) is 47.7 Å². The molecule has 0 radical (unpaired) electrons. The van der Waals surface area contributed by atoms with Crippen LogP contribution in [0.5, 0.6) is 0 Å². The molecule has 120 valence electrons. The molecular formula is C19H23N3O. The Labute approximate surface area is 137 Å². The van der Waals surface area contributed by atoms with Crippen LogP contribution in [0.4, 0.5) is 0 Å². The molecule has 23 heavy (non-hydrogen) atoms. The molecule has 0 bridgehead atoms. The molecule has 3 aliphatic rings. The lowest BCUT2D eigenvalue weighted by Crippen LogP contribution is -2.55.